The van der Waals surface area contributed by atoms with Gasteiger partial charge in [-0.2, -0.15) is 17.5 Å². The first-order valence-corrected chi connectivity index (χ1v) is 10.4. The number of thiazole rings is 1. The van der Waals surface area contributed by atoms with Crippen LogP contribution in [0.25, 0.3) is 10.2 Å². The maximum Gasteiger partial charge on any atom is 0.446 e. The molecule has 0 saturated carbocycles. The monoisotopic (exact) mass is 418 g/mol. The Balaban J connectivity index is 1.78. The van der Waals surface area contributed by atoms with Crippen LogP contribution in [-0.2, 0) is 16.6 Å². The van der Waals surface area contributed by atoms with E-state index in [0.29, 0.717) is 5.01 Å². The van der Waals surface area contributed by atoms with Gasteiger partial charge in [-0.3, -0.25) is 0 Å². The van der Waals surface area contributed by atoms with Gasteiger partial charge in [-0.1, -0.05) is 12.1 Å². The van der Waals surface area contributed by atoms with Crippen LogP contribution in [0, 0.1) is 0 Å². The molecule has 0 bridgehead atoms. The molecule has 0 aliphatic heterocycles. The highest BCUT2D eigenvalue weighted by Gasteiger charge is 2.29. The highest BCUT2D eigenvalue weighted by atomic mass is 32.2. The fraction of sp³-hybridized carbons (Fsp3) is 0.188. The molecule has 0 saturated heterocycles. The molecule has 3 rings (SSSR count). The molecule has 138 valence electrons. The standard InChI is InChI=1S/C16H13F3N2O2S3/c1-21(10-15-20-13-4-2-3-5-14(13)24-15)26(22,23)12-8-6-11(7-9-12)25-16(17,18)19/h2-9H,10H2,1H3. The van der Waals surface area contributed by atoms with Gasteiger partial charge in [0.1, 0.15) is 5.01 Å². The molecule has 0 aliphatic rings. The predicted octanol–water partition coefficient (Wildman–Crippen LogP) is 4.73. The fourth-order valence-corrected chi connectivity index (χ4v) is 5.03. The third kappa shape index (κ3) is 4.37. The van der Waals surface area contributed by atoms with E-state index in [2.05, 4.69) is 4.98 Å². The lowest BCUT2D eigenvalue weighted by Gasteiger charge is -2.16. The van der Waals surface area contributed by atoms with Crippen LogP contribution < -0.4 is 0 Å². The van der Waals surface area contributed by atoms with Crippen molar-refractivity contribution >= 4 is 43.3 Å². The quantitative estimate of drug-likeness (QED) is 0.562. The zero-order valence-corrected chi connectivity index (χ0v) is 15.8. The van der Waals surface area contributed by atoms with Gasteiger partial charge in [-0.25, -0.2) is 13.4 Å². The summed E-state index contributed by atoms with van der Waals surface area (Å²) in [6.45, 7) is 0.0841. The first-order chi connectivity index (χ1) is 12.1. The number of nitrogens with zero attached hydrogens (tertiary/aromatic N) is 2. The van der Waals surface area contributed by atoms with E-state index >= 15 is 0 Å². The lowest BCUT2D eigenvalue weighted by atomic mass is 10.3. The number of hydrogen-bond donors (Lipinski definition) is 0. The van der Waals surface area contributed by atoms with E-state index < -0.39 is 15.5 Å². The first-order valence-electron chi connectivity index (χ1n) is 7.32. The molecule has 0 radical (unpaired) electrons. The minimum Gasteiger partial charge on any atom is -0.240 e. The summed E-state index contributed by atoms with van der Waals surface area (Å²) in [5, 5.41) is 0.640. The second-order valence-electron chi connectivity index (χ2n) is 5.36. The zero-order valence-electron chi connectivity index (χ0n) is 13.4. The largest absolute Gasteiger partial charge is 0.446 e. The van der Waals surface area contributed by atoms with Crippen molar-refractivity contribution in [2.75, 3.05) is 7.05 Å². The van der Waals surface area contributed by atoms with Gasteiger partial charge in [-0.15, -0.1) is 11.3 Å². The van der Waals surface area contributed by atoms with Crippen molar-refractivity contribution in [2.24, 2.45) is 0 Å². The summed E-state index contributed by atoms with van der Waals surface area (Å²) >= 11 is 1.12. The van der Waals surface area contributed by atoms with Crippen molar-refractivity contribution in [1.29, 1.82) is 0 Å². The molecule has 1 aromatic heterocycles. The third-order valence-electron chi connectivity index (χ3n) is 3.46. The van der Waals surface area contributed by atoms with E-state index in [1.807, 2.05) is 24.3 Å². The molecule has 0 atom stereocenters. The van der Waals surface area contributed by atoms with Crippen LogP contribution in [0.1, 0.15) is 5.01 Å². The first kappa shape index (κ1) is 19.2. The second kappa shape index (κ2) is 7.18. The number of hydrogen-bond acceptors (Lipinski definition) is 5. The van der Waals surface area contributed by atoms with E-state index in [4.69, 9.17) is 0 Å². The minimum absolute atomic E-state index is 0.0624. The summed E-state index contributed by atoms with van der Waals surface area (Å²) in [6.07, 6.45) is 0. The Morgan fingerprint density at radius 1 is 1.12 bits per heavy atom. The van der Waals surface area contributed by atoms with Crippen LogP contribution in [0.2, 0.25) is 0 Å². The van der Waals surface area contributed by atoms with Gasteiger partial charge in [-0.05, 0) is 48.2 Å². The van der Waals surface area contributed by atoms with Gasteiger partial charge in [0.15, 0.2) is 0 Å². The molecular formula is C16H13F3N2O2S3. The van der Waals surface area contributed by atoms with Crippen LogP contribution in [0.4, 0.5) is 13.2 Å². The number of para-hydroxylation sites is 1. The van der Waals surface area contributed by atoms with Crippen molar-refractivity contribution in [1.82, 2.24) is 9.29 Å². The molecule has 0 unspecified atom stereocenters. The zero-order chi connectivity index (χ0) is 18.9. The molecule has 0 amide bonds. The van der Waals surface area contributed by atoms with Crippen molar-refractivity contribution in [3.05, 3.63) is 53.5 Å². The third-order valence-corrected chi connectivity index (χ3v) is 7.04. The summed E-state index contributed by atoms with van der Waals surface area (Å²) < 4.78 is 64.4. The Hall–Kier alpha value is -1.62. The molecule has 0 fully saturated rings. The van der Waals surface area contributed by atoms with E-state index in [9.17, 15) is 21.6 Å². The van der Waals surface area contributed by atoms with Crippen molar-refractivity contribution in [2.45, 2.75) is 21.8 Å². The average molecular weight is 418 g/mol. The number of alkyl halides is 3. The summed E-state index contributed by atoms with van der Waals surface area (Å²) in [5.74, 6) is 0. The van der Waals surface area contributed by atoms with Gasteiger partial charge < -0.3 is 0 Å². The molecule has 10 heteroatoms. The predicted molar refractivity (Wildman–Crippen MR) is 96.6 cm³/mol. The second-order valence-corrected chi connectivity index (χ2v) is 9.65. The molecule has 0 N–H and O–H groups in total. The normalized spacial score (nSPS) is 12.8. The van der Waals surface area contributed by atoms with Crippen molar-refractivity contribution in [3.8, 4) is 0 Å². The smallest absolute Gasteiger partial charge is 0.240 e. The number of fused-ring (bicyclic) bond motifs is 1. The maximum atomic E-state index is 12.6. The fourth-order valence-electron chi connectivity index (χ4n) is 2.26. The lowest BCUT2D eigenvalue weighted by Crippen LogP contribution is -2.26. The van der Waals surface area contributed by atoms with Crippen LogP contribution in [-0.4, -0.2) is 30.3 Å². The number of benzene rings is 2. The summed E-state index contributed by atoms with van der Waals surface area (Å²) in [4.78, 5) is 4.27. The number of thioether (sulfide) groups is 1. The topological polar surface area (TPSA) is 50.3 Å². The SMILES string of the molecule is CN(Cc1nc2ccccc2s1)S(=O)(=O)c1ccc(SC(F)(F)F)cc1. The summed E-state index contributed by atoms with van der Waals surface area (Å²) in [5.41, 5.74) is -3.61. The van der Waals surface area contributed by atoms with Crippen LogP contribution in [0.15, 0.2) is 58.3 Å². The Morgan fingerprint density at radius 3 is 2.38 bits per heavy atom. The Morgan fingerprint density at radius 2 is 1.77 bits per heavy atom. The van der Waals surface area contributed by atoms with Gasteiger partial charge in [0.2, 0.25) is 10.0 Å². The number of halogens is 3. The Kier molecular flexibility index (Phi) is 5.29. The lowest BCUT2D eigenvalue weighted by molar-refractivity contribution is -0.0328. The molecule has 2 aromatic carbocycles. The summed E-state index contributed by atoms with van der Waals surface area (Å²) in [6, 6.07) is 12.1. The van der Waals surface area contributed by atoms with Gasteiger partial charge in [0, 0.05) is 11.9 Å². The average Bonchev–Trinajstić information content (AvgIpc) is 2.96. The molecular weight excluding hydrogens is 405 g/mol. The Labute approximate surface area is 156 Å². The highest BCUT2D eigenvalue weighted by molar-refractivity contribution is 8.00. The maximum absolute atomic E-state index is 12.6. The van der Waals surface area contributed by atoms with Gasteiger partial charge >= 0.3 is 5.51 Å². The van der Waals surface area contributed by atoms with E-state index in [1.165, 1.54) is 30.5 Å². The molecule has 0 spiro atoms. The highest BCUT2D eigenvalue weighted by Crippen LogP contribution is 2.37. The Bertz CT molecular complexity index is 982. The number of rotatable bonds is 5. The van der Waals surface area contributed by atoms with Gasteiger partial charge in [0.05, 0.1) is 21.7 Å². The van der Waals surface area contributed by atoms with Crippen LogP contribution >= 0.6 is 23.1 Å². The van der Waals surface area contributed by atoms with Crippen molar-refractivity contribution in [3.63, 3.8) is 0 Å². The molecule has 3 aromatic rings. The minimum atomic E-state index is -4.41. The van der Waals surface area contributed by atoms with E-state index in [-0.39, 0.29) is 28.1 Å². The molecule has 26 heavy (non-hydrogen) atoms. The van der Waals surface area contributed by atoms with E-state index in [1.54, 1.807) is 0 Å². The molecule has 4 nitrogen and oxygen atoms in total. The number of aromatic nitrogens is 1. The van der Waals surface area contributed by atoms with Gasteiger partial charge in [0.25, 0.3) is 0 Å². The van der Waals surface area contributed by atoms with Crippen molar-refractivity contribution < 1.29 is 21.6 Å². The van der Waals surface area contributed by atoms with Crippen LogP contribution in [0.3, 0.4) is 0 Å². The summed E-state index contributed by atoms with van der Waals surface area (Å²) in [7, 11) is -2.41. The van der Waals surface area contributed by atoms with Crippen LogP contribution in [0.5, 0.6) is 0 Å². The van der Waals surface area contributed by atoms with E-state index in [0.717, 1.165) is 26.7 Å². The number of sulfonamides is 1. The molecule has 0 aliphatic carbocycles. The molecule has 1 heterocycles.